The summed E-state index contributed by atoms with van der Waals surface area (Å²) in [5.41, 5.74) is 0. The smallest absolute Gasteiger partial charge is 0.191 e. The number of aliphatic imine (C=N–C) groups is 1. The van der Waals surface area contributed by atoms with Gasteiger partial charge < -0.3 is 15.4 Å². The van der Waals surface area contributed by atoms with Crippen molar-refractivity contribution in [1.29, 1.82) is 0 Å². The predicted octanol–water partition coefficient (Wildman–Crippen LogP) is 2.87. The van der Waals surface area contributed by atoms with E-state index in [2.05, 4.69) is 58.7 Å². The average molecular weight is 436 g/mol. The Labute approximate surface area is 187 Å². The van der Waals surface area contributed by atoms with Crippen LogP contribution in [0.15, 0.2) is 22.5 Å². The van der Waals surface area contributed by atoms with Crippen LogP contribution in [0, 0.1) is 11.8 Å². The highest BCUT2D eigenvalue weighted by molar-refractivity contribution is 7.09. The maximum Gasteiger partial charge on any atom is 0.191 e. The third-order valence-corrected chi connectivity index (χ3v) is 6.72. The van der Waals surface area contributed by atoms with E-state index in [1.54, 1.807) is 0 Å². The van der Waals surface area contributed by atoms with Crippen LogP contribution in [0.1, 0.15) is 38.5 Å². The molecule has 3 rings (SSSR count). The molecule has 0 aliphatic carbocycles. The number of piperidine rings is 1. The van der Waals surface area contributed by atoms with Crippen molar-refractivity contribution in [2.75, 3.05) is 59.0 Å². The molecule has 0 saturated carbocycles. The summed E-state index contributed by atoms with van der Waals surface area (Å²) >= 11 is 1.86. The van der Waals surface area contributed by atoms with Gasteiger partial charge in [-0.15, -0.1) is 11.3 Å². The molecule has 7 heteroatoms. The van der Waals surface area contributed by atoms with Gasteiger partial charge in [-0.05, 0) is 56.1 Å². The van der Waals surface area contributed by atoms with Crippen LogP contribution in [0.5, 0.6) is 0 Å². The van der Waals surface area contributed by atoms with Crippen LogP contribution >= 0.6 is 11.3 Å². The molecule has 1 unspecified atom stereocenters. The molecule has 1 aromatic rings. The highest BCUT2D eigenvalue weighted by Crippen LogP contribution is 2.20. The zero-order valence-electron chi connectivity index (χ0n) is 19.1. The van der Waals surface area contributed by atoms with Crippen molar-refractivity contribution in [1.82, 2.24) is 20.4 Å². The van der Waals surface area contributed by atoms with Crippen LogP contribution < -0.4 is 10.6 Å². The lowest BCUT2D eigenvalue weighted by Crippen LogP contribution is -2.50. The van der Waals surface area contributed by atoms with Crippen molar-refractivity contribution in [3.63, 3.8) is 0 Å². The van der Waals surface area contributed by atoms with Crippen molar-refractivity contribution >= 4 is 17.3 Å². The number of hydrogen-bond acceptors (Lipinski definition) is 5. The molecule has 2 aliphatic rings. The summed E-state index contributed by atoms with van der Waals surface area (Å²) in [6.45, 7) is 16.8. The number of thiophene rings is 1. The van der Waals surface area contributed by atoms with Crippen molar-refractivity contribution in [3.8, 4) is 0 Å². The number of nitrogens with one attached hydrogen (secondary N) is 2. The first-order valence-electron chi connectivity index (χ1n) is 11.7. The van der Waals surface area contributed by atoms with E-state index >= 15 is 0 Å². The molecule has 3 heterocycles. The van der Waals surface area contributed by atoms with Crippen LogP contribution in [0.2, 0.25) is 0 Å². The van der Waals surface area contributed by atoms with Gasteiger partial charge in [0.1, 0.15) is 0 Å². The minimum absolute atomic E-state index is 0.238. The summed E-state index contributed by atoms with van der Waals surface area (Å²) < 4.78 is 5.98. The third kappa shape index (κ3) is 8.17. The van der Waals surface area contributed by atoms with E-state index in [9.17, 15) is 0 Å². The first-order valence-corrected chi connectivity index (χ1v) is 12.6. The fraction of sp³-hybridized carbons (Fsp3) is 0.783. The lowest BCUT2D eigenvalue weighted by molar-refractivity contribution is -0.0284. The van der Waals surface area contributed by atoms with Crippen molar-refractivity contribution in [2.24, 2.45) is 16.8 Å². The Kier molecular flexibility index (Phi) is 9.91. The van der Waals surface area contributed by atoms with E-state index in [-0.39, 0.29) is 6.10 Å². The number of ether oxygens (including phenoxy) is 1. The summed E-state index contributed by atoms with van der Waals surface area (Å²) in [7, 11) is 0. The van der Waals surface area contributed by atoms with Crippen molar-refractivity contribution in [2.45, 2.75) is 46.3 Å². The lowest BCUT2D eigenvalue weighted by Gasteiger charge is -2.34. The number of hydrogen-bond donors (Lipinski definition) is 2. The second-order valence-corrected chi connectivity index (χ2v) is 10.1. The Balaban J connectivity index is 1.39. The number of likely N-dealkylation sites (tertiary alicyclic amines) is 1. The minimum Gasteiger partial charge on any atom is -0.374 e. The molecule has 1 atom stereocenters. The van der Waals surface area contributed by atoms with E-state index in [0.29, 0.717) is 11.8 Å². The van der Waals surface area contributed by atoms with E-state index < -0.39 is 0 Å². The topological polar surface area (TPSA) is 52.1 Å². The summed E-state index contributed by atoms with van der Waals surface area (Å²) in [6, 6.07) is 4.39. The zero-order chi connectivity index (χ0) is 21.2. The Morgan fingerprint density at radius 2 is 2.07 bits per heavy atom. The highest BCUT2D eigenvalue weighted by Gasteiger charge is 2.22. The molecular weight excluding hydrogens is 394 g/mol. The molecular formula is C23H41N5OS. The zero-order valence-corrected chi connectivity index (χ0v) is 19.9. The molecule has 170 valence electrons. The Hall–Kier alpha value is -1.15. The normalized spacial score (nSPS) is 22.5. The highest BCUT2D eigenvalue weighted by atomic mass is 32.1. The molecule has 0 spiro atoms. The second kappa shape index (κ2) is 12.6. The SMILES string of the molecule is CCNC(=NCC1CCN(Cc2cccs2)CC1)NCC1CN(CC(C)C)CCO1. The molecule has 2 fully saturated rings. The average Bonchev–Trinajstić information content (AvgIpc) is 3.24. The fourth-order valence-corrected chi connectivity index (χ4v) is 5.06. The molecule has 2 saturated heterocycles. The predicted molar refractivity (Wildman–Crippen MR) is 127 cm³/mol. The van der Waals surface area contributed by atoms with Crippen LogP contribution in [0.3, 0.4) is 0 Å². The van der Waals surface area contributed by atoms with Crippen LogP contribution in [-0.4, -0.2) is 80.8 Å². The van der Waals surface area contributed by atoms with Crippen LogP contribution in [-0.2, 0) is 11.3 Å². The van der Waals surface area contributed by atoms with Gasteiger partial charge in [-0.3, -0.25) is 14.8 Å². The molecule has 0 radical (unpaired) electrons. The van der Waals surface area contributed by atoms with Crippen LogP contribution in [0.25, 0.3) is 0 Å². The van der Waals surface area contributed by atoms with E-state index in [0.717, 1.165) is 58.4 Å². The molecule has 6 nitrogen and oxygen atoms in total. The third-order valence-electron chi connectivity index (χ3n) is 5.86. The van der Waals surface area contributed by atoms with Gasteiger partial charge in [-0.1, -0.05) is 19.9 Å². The first-order chi connectivity index (χ1) is 14.6. The summed E-state index contributed by atoms with van der Waals surface area (Å²) in [4.78, 5) is 11.5. The summed E-state index contributed by atoms with van der Waals surface area (Å²) in [6.07, 6.45) is 2.72. The number of guanidine groups is 1. The fourth-order valence-electron chi connectivity index (χ4n) is 4.31. The molecule has 30 heavy (non-hydrogen) atoms. The largest absolute Gasteiger partial charge is 0.374 e. The quantitative estimate of drug-likeness (QED) is 0.461. The van der Waals surface area contributed by atoms with Gasteiger partial charge in [-0.25, -0.2) is 0 Å². The maximum atomic E-state index is 5.98. The van der Waals surface area contributed by atoms with Gasteiger partial charge in [0, 0.05) is 50.7 Å². The molecule has 2 N–H and O–H groups in total. The van der Waals surface area contributed by atoms with Gasteiger partial charge in [-0.2, -0.15) is 0 Å². The molecule has 1 aromatic heterocycles. The van der Waals surface area contributed by atoms with Gasteiger partial charge >= 0.3 is 0 Å². The van der Waals surface area contributed by atoms with Gasteiger partial charge in [0.2, 0.25) is 0 Å². The molecule has 0 aromatic carbocycles. The Bertz CT molecular complexity index is 613. The molecule has 0 bridgehead atoms. The number of morpholine rings is 1. The number of rotatable bonds is 9. The minimum atomic E-state index is 0.238. The molecule has 2 aliphatic heterocycles. The summed E-state index contributed by atoms with van der Waals surface area (Å²) in [5, 5.41) is 9.10. The van der Waals surface area contributed by atoms with E-state index in [1.807, 2.05) is 11.3 Å². The standard InChI is InChI=1S/C23H41N5OS/c1-4-24-23(26-15-21-17-28(11-12-29-21)16-19(2)3)25-14-20-7-9-27(10-8-20)18-22-6-5-13-30-22/h5-6,13,19-21H,4,7-12,14-18H2,1-3H3,(H2,24,25,26). The number of nitrogens with zero attached hydrogens (tertiary/aromatic N) is 3. The lowest BCUT2D eigenvalue weighted by atomic mass is 9.97. The van der Waals surface area contributed by atoms with Crippen molar-refractivity contribution < 1.29 is 4.74 Å². The van der Waals surface area contributed by atoms with E-state index in [1.165, 1.54) is 30.8 Å². The monoisotopic (exact) mass is 435 g/mol. The van der Waals surface area contributed by atoms with Gasteiger partial charge in [0.15, 0.2) is 5.96 Å². The Morgan fingerprint density at radius 1 is 1.23 bits per heavy atom. The van der Waals surface area contributed by atoms with Crippen LogP contribution in [0.4, 0.5) is 0 Å². The summed E-state index contributed by atoms with van der Waals surface area (Å²) in [5.74, 6) is 2.32. The molecule has 0 amide bonds. The maximum absolute atomic E-state index is 5.98. The van der Waals surface area contributed by atoms with Crippen molar-refractivity contribution in [3.05, 3.63) is 22.4 Å². The van der Waals surface area contributed by atoms with Gasteiger partial charge in [0.05, 0.1) is 12.7 Å². The second-order valence-electron chi connectivity index (χ2n) is 9.05. The Morgan fingerprint density at radius 3 is 2.77 bits per heavy atom. The van der Waals surface area contributed by atoms with E-state index in [4.69, 9.17) is 9.73 Å². The first kappa shape index (κ1) is 23.5. The van der Waals surface area contributed by atoms with Gasteiger partial charge in [0.25, 0.3) is 0 Å².